The Kier molecular flexibility index (Phi) is 4.61. The van der Waals surface area contributed by atoms with E-state index in [4.69, 9.17) is 11.6 Å². The zero-order valence-corrected chi connectivity index (χ0v) is 11.9. The molecule has 0 aliphatic heterocycles. The van der Waals surface area contributed by atoms with Gasteiger partial charge in [-0.25, -0.2) is 4.98 Å². The van der Waals surface area contributed by atoms with Crippen molar-refractivity contribution < 1.29 is 4.92 Å². The number of benzene rings is 1. The molecule has 0 amide bonds. The number of non-ortho nitro benzene ring substituents is 1. The lowest BCUT2D eigenvalue weighted by molar-refractivity contribution is -0.383. The number of hydrogen-bond donors (Lipinski definition) is 0. The molecule has 1 heterocycles. The van der Waals surface area contributed by atoms with Gasteiger partial charge in [-0.05, 0) is 12.5 Å². The molecule has 4 nitrogen and oxygen atoms in total. The van der Waals surface area contributed by atoms with E-state index in [1.54, 1.807) is 24.0 Å². The fraction of sp³-hybridized carbons (Fsp3) is 0.308. The number of para-hydroxylation sites is 1. The summed E-state index contributed by atoms with van der Waals surface area (Å²) in [5, 5.41) is 12.2. The molecule has 0 spiro atoms. The Morgan fingerprint density at radius 2 is 2.26 bits per heavy atom. The Morgan fingerprint density at radius 1 is 1.47 bits per heavy atom. The summed E-state index contributed by atoms with van der Waals surface area (Å²) in [4.78, 5) is 15.7. The molecule has 19 heavy (non-hydrogen) atoms. The van der Waals surface area contributed by atoms with Crippen LogP contribution in [0.3, 0.4) is 0 Å². The maximum atomic E-state index is 11.0. The monoisotopic (exact) mass is 296 g/mol. The number of pyridine rings is 1. The van der Waals surface area contributed by atoms with Crippen LogP contribution in [0.1, 0.15) is 13.3 Å². The number of fused-ring (bicyclic) bond motifs is 1. The van der Waals surface area contributed by atoms with Crippen molar-refractivity contribution in [1.82, 2.24) is 4.98 Å². The molecule has 0 fully saturated rings. The van der Waals surface area contributed by atoms with Crippen LogP contribution in [0.5, 0.6) is 0 Å². The third-order valence-corrected chi connectivity index (χ3v) is 4.22. The van der Waals surface area contributed by atoms with Gasteiger partial charge in [-0.2, -0.15) is 0 Å². The van der Waals surface area contributed by atoms with E-state index in [2.05, 4.69) is 11.9 Å². The Hall–Kier alpha value is -1.33. The van der Waals surface area contributed by atoms with Crippen LogP contribution in [0, 0.1) is 10.1 Å². The number of hydrogen-bond acceptors (Lipinski definition) is 4. The molecule has 1 atom stereocenters. The summed E-state index contributed by atoms with van der Waals surface area (Å²) < 4.78 is 0. The minimum Gasteiger partial charge on any atom is -0.258 e. The molecule has 6 heteroatoms. The van der Waals surface area contributed by atoms with E-state index in [-0.39, 0.29) is 5.69 Å². The molecule has 0 bridgehead atoms. The van der Waals surface area contributed by atoms with Crippen LogP contribution < -0.4 is 0 Å². The summed E-state index contributed by atoms with van der Waals surface area (Å²) >= 11 is 7.40. The summed E-state index contributed by atoms with van der Waals surface area (Å²) in [5.41, 5.74) is 0.487. The predicted molar refractivity (Wildman–Crippen MR) is 79.1 cm³/mol. The van der Waals surface area contributed by atoms with Crippen LogP contribution in [0.25, 0.3) is 10.9 Å². The van der Waals surface area contributed by atoms with Gasteiger partial charge in [0.05, 0.1) is 4.92 Å². The van der Waals surface area contributed by atoms with Crippen LogP contribution in [-0.4, -0.2) is 21.0 Å². The molecule has 0 radical (unpaired) electrons. The minimum absolute atomic E-state index is 0.0462. The van der Waals surface area contributed by atoms with Crippen molar-refractivity contribution in [3.63, 3.8) is 0 Å². The summed E-state index contributed by atoms with van der Waals surface area (Å²) in [7, 11) is 0. The van der Waals surface area contributed by atoms with Crippen LogP contribution >= 0.6 is 23.4 Å². The summed E-state index contributed by atoms with van der Waals surface area (Å²) in [6, 6.07) is 6.93. The molecule has 1 unspecified atom stereocenters. The number of rotatable bonds is 5. The van der Waals surface area contributed by atoms with E-state index in [1.807, 2.05) is 12.1 Å². The lowest BCUT2D eigenvalue weighted by Crippen LogP contribution is -1.97. The third-order valence-electron chi connectivity index (χ3n) is 2.75. The first-order valence-corrected chi connectivity index (χ1v) is 7.29. The highest BCUT2D eigenvalue weighted by molar-refractivity contribution is 8.00. The van der Waals surface area contributed by atoms with Gasteiger partial charge in [0.25, 0.3) is 5.69 Å². The Labute approximate surface area is 120 Å². The van der Waals surface area contributed by atoms with Gasteiger partial charge < -0.3 is 0 Å². The molecule has 1 aromatic heterocycles. The first-order chi connectivity index (χ1) is 9.13. The summed E-state index contributed by atoms with van der Waals surface area (Å²) in [6.07, 6.45) is 2.51. The van der Waals surface area contributed by atoms with Gasteiger partial charge in [0.15, 0.2) is 0 Å². The van der Waals surface area contributed by atoms with Crippen molar-refractivity contribution in [1.29, 1.82) is 0 Å². The number of alkyl halides is 1. The fourth-order valence-corrected chi connectivity index (χ4v) is 3.37. The van der Waals surface area contributed by atoms with E-state index in [9.17, 15) is 10.1 Å². The van der Waals surface area contributed by atoms with E-state index < -0.39 is 4.92 Å². The van der Waals surface area contributed by atoms with E-state index in [0.29, 0.717) is 16.6 Å². The van der Waals surface area contributed by atoms with Gasteiger partial charge in [-0.3, -0.25) is 10.1 Å². The lowest BCUT2D eigenvalue weighted by Gasteiger charge is -2.11. The number of halogens is 1. The van der Waals surface area contributed by atoms with E-state index in [1.165, 1.54) is 6.07 Å². The molecule has 0 saturated heterocycles. The molecule has 0 saturated carbocycles. The van der Waals surface area contributed by atoms with Crippen LogP contribution in [-0.2, 0) is 0 Å². The molecule has 2 aromatic rings. The van der Waals surface area contributed by atoms with Gasteiger partial charge in [-0.15, -0.1) is 23.4 Å². The number of aromatic nitrogens is 1. The Morgan fingerprint density at radius 3 is 2.95 bits per heavy atom. The largest absolute Gasteiger partial charge is 0.295 e. The number of nitrogens with zero attached hydrogens (tertiary/aromatic N) is 2. The molecule has 0 aliphatic carbocycles. The Bertz CT molecular complexity index is 606. The highest BCUT2D eigenvalue weighted by atomic mass is 35.5. The standard InChI is InChI=1S/C13H13ClN2O2S/c1-9(5-7-14)19-12-6-8-15-13-10(12)3-2-4-11(13)16(17)18/h2-4,6,8-9H,5,7H2,1H3. The Balaban J connectivity index is 2.46. The van der Waals surface area contributed by atoms with Crippen molar-refractivity contribution in [3.8, 4) is 0 Å². The van der Waals surface area contributed by atoms with Crippen LogP contribution in [0.4, 0.5) is 5.69 Å². The minimum atomic E-state index is -0.397. The average Bonchev–Trinajstić information content (AvgIpc) is 2.38. The second-order valence-corrected chi connectivity index (χ2v) is 6.00. The first-order valence-electron chi connectivity index (χ1n) is 5.88. The quantitative estimate of drug-likeness (QED) is 0.358. The average molecular weight is 297 g/mol. The van der Waals surface area contributed by atoms with Crippen LogP contribution in [0.2, 0.25) is 0 Å². The van der Waals surface area contributed by atoms with E-state index >= 15 is 0 Å². The third kappa shape index (κ3) is 3.16. The lowest BCUT2D eigenvalue weighted by atomic mass is 10.2. The number of nitro benzene ring substituents is 1. The van der Waals surface area contributed by atoms with Gasteiger partial charge in [0.2, 0.25) is 0 Å². The number of nitro groups is 1. The van der Waals surface area contributed by atoms with Gasteiger partial charge in [0, 0.05) is 33.7 Å². The molecular weight excluding hydrogens is 284 g/mol. The molecule has 0 aliphatic rings. The fourth-order valence-electron chi connectivity index (χ4n) is 1.81. The molecule has 0 N–H and O–H groups in total. The van der Waals surface area contributed by atoms with Gasteiger partial charge in [0.1, 0.15) is 5.52 Å². The highest BCUT2D eigenvalue weighted by Gasteiger charge is 2.15. The van der Waals surface area contributed by atoms with Crippen molar-refractivity contribution >= 4 is 40.0 Å². The zero-order chi connectivity index (χ0) is 13.8. The van der Waals surface area contributed by atoms with Crippen molar-refractivity contribution in [2.24, 2.45) is 0 Å². The maximum absolute atomic E-state index is 11.0. The second-order valence-electron chi connectivity index (χ2n) is 4.15. The van der Waals surface area contributed by atoms with Gasteiger partial charge in [-0.1, -0.05) is 19.1 Å². The maximum Gasteiger partial charge on any atom is 0.295 e. The normalized spacial score (nSPS) is 12.5. The number of thioether (sulfide) groups is 1. The van der Waals surface area contributed by atoms with Crippen molar-refractivity contribution in [2.75, 3.05) is 5.88 Å². The van der Waals surface area contributed by atoms with Gasteiger partial charge >= 0.3 is 0 Å². The highest BCUT2D eigenvalue weighted by Crippen LogP contribution is 2.34. The smallest absolute Gasteiger partial charge is 0.258 e. The SMILES string of the molecule is CC(CCCl)Sc1ccnc2c([N+](=O)[O-])cccc12. The molecule has 1 aromatic carbocycles. The molecule has 100 valence electrons. The summed E-state index contributed by atoms with van der Waals surface area (Å²) in [6.45, 7) is 2.09. The zero-order valence-electron chi connectivity index (χ0n) is 10.4. The molecule has 2 rings (SSSR count). The predicted octanol–water partition coefficient (Wildman–Crippen LogP) is 4.25. The van der Waals surface area contributed by atoms with Crippen molar-refractivity contribution in [3.05, 3.63) is 40.6 Å². The first kappa shape index (κ1) is 14.1. The molecular formula is C13H13ClN2O2S. The second kappa shape index (κ2) is 6.21. The topological polar surface area (TPSA) is 56.0 Å². The van der Waals surface area contributed by atoms with Crippen LogP contribution in [0.15, 0.2) is 35.4 Å². The van der Waals surface area contributed by atoms with E-state index in [0.717, 1.165) is 16.7 Å². The van der Waals surface area contributed by atoms with Crippen molar-refractivity contribution in [2.45, 2.75) is 23.5 Å². The summed E-state index contributed by atoms with van der Waals surface area (Å²) in [5.74, 6) is 0.608.